The lowest BCUT2D eigenvalue weighted by Crippen LogP contribution is -1.90. The number of rotatable bonds is 1. The fraction of sp³-hybridized carbons (Fsp3) is 0.500. The van der Waals surface area contributed by atoms with Crippen molar-refractivity contribution in [3.05, 3.63) is 29.7 Å². The molecule has 0 saturated carbocycles. The molecule has 0 N–H and O–H groups in total. The van der Waals surface area contributed by atoms with Crippen molar-refractivity contribution in [2.45, 2.75) is 32.1 Å². The molecule has 0 spiro atoms. The molecule has 0 unspecified atom stereocenters. The van der Waals surface area contributed by atoms with Gasteiger partial charge in [0.15, 0.2) is 0 Å². The molecule has 0 aromatic heterocycles. The van der Waals surface area contributed by atoms with Gasteiger partial charge < -0.3 is 0 Å². The Morgan fingerprint density at radius 1 is 1.10 bits per heavy atom. The van der Waals surface area contributed by atoms with Gasteiger partial charge in [-0.2, -0.15) is 0 Å². The van der Waals surface area contributed by atoms with Crippen LogP contribution in [-0.4, -0.2) is 0 Å². The maximum atomic E-state index is 2.41. The molecule has 0 nitrogen and oxygen atoms in total. The molecule has 2 aliphatic rings. The highest BCUT2D eigenvalue weighted by Gasteiger charge is 2.16. The Bertz CT molecular complexity index is 174. The highest BCUT2D eigenvalue weighted by molar-refractivity contribution is 5.37. The molecular weight excluding hydrogens is 120 g/mol. The summed E-state index contributed by atoms with van der Waals surface area (Å²) in [6.07, 6.45) is 13.6. The molecule has 2 rings (SSSR count). The normalized spacial score (nSPS) is 25.8. The van der Waals surface area contributed by atoms with Crippen LogP contribution in [0.3, 0.4) is 0 Å². The Morgan fingerprint density at radius 2 is 2.10 bits per heavy atom. The van der Waals surface area contributed by atoms with Crippen molar-refractivity contribution in [3.8, 4) is 0 Å². The first kappa shape index (κ1) is 6.21. The molecule has 0 fully saturated rings. The molecule has 0 heteroatoms. The van der Waals surface area contributed by atoms with E-state index < -0.39 is 0 Å². The van der Waals surface area contributed by atoms with Crippen LogP contribution in [0, 0.1) is 5.92 Å². The minimum atomic E-state index is 1.27. The summed E-state index contributed by atoms with van der Waals surface area (Å²) in [4.78, 5) is 0. The quantitative estimate of drug-likeness (QED) is 0.515. The minimum absolute atomic E-state index is 1.27. The molecule has 0 heterocycles. The lowest BCUT2D eigenvalue weighted by molar-refractivity contribution is 0.871. The van der Waals surface area contributed by atoms with Crippen molar-refractivity contribution in [1.82, 2.24) is 0 Å². The van der Waals surface area contributed by atoms with Crippen LogP contribution < -0.4 is 0 Å². The maximum Gasteiger partial charge on any atom is 0.0222 e. The predicted octanol–water partition coefficient (Wildman–Crippen LogP) is 3.02. The first-order valence-corrected chi connectivity index (χ1v) is 4.18. The lowest BCUT2D eigenvalue weighted by atomic mass is 9.98. The van der Waals surface area contributed by atoms with E-state index in [1.165, 1.54) is 32.1 Å². The van der Waals surface area contributed by atoms with E-state index in [0.717, 1.165) is 0 Å². The first-order valence-electron chi connectivity index (χ1n) is 4.18. The van der Waals surface area contributed by atoms with Gasteiger partial charge >= 0.3 is 0 Å². The van der Waals surface area contributed by atoms with Gasteiger partial charge in [0.25, 0.3) is 0 Å². The van der Waals surface area contributed by atoms with E-state index in [1.54, 1.807) is 11.5 Å². The second-order valence-electron chi connectivity index (χ2n) is 3.09. The smallest absolute Gasteiger partial charge is 0.0222 e. The zero-order chi connectivity index (χ0) is 6.81. The van der Waals surface area contributed by atoms with Crippen LogP contribution in [0.5, 0.6) is 0 Å². The molecule has 53 valence electrons. The Morgan fingerprint density at radius 3 is 2.70 bits per heavy atom. The van der Waals surface area contributed by atoms with E-state index in [4.69, 9.17) is 0 Å². The van der Waals surface area contributed by atoms with Crippen LogP contribution in [0.4, 0.5) is 0 Å². The molecule has 10 heavy (non-hydrogen) atoms. The number of hydrogen-bond donors (Lipinski definition) is 0. The zero-order valence-corrected chi connectivity index (χ0v) is 6.27. The first-order chi connectivity index (χ1) is 4.97. The van der Waals surface area contributed by atoms with Gasteiger partial charge in [0, 0.05) is 5.92 Å². The van der Waals surface area contributed by atoms with Crippen molar-refractivity contribution in [3.63, 3.8) is 0 Å². The lowest BCUT2D eigenvalue weighted by Gasteiger charge is -2.06. The van der Waals surface area contributed by atoms with Gasteiger partial charge in [0.2, 0.25) is 0 Å². The fourth-order valence-corrected chi connectivity index (χ4v) is 1.78. The van der Waals surface area contributed by atoms with E-state index in [9.17, 15) is 0 Å². The van der Waals surface area contributed by atoms with Crippen molar-refractivity contribution >= 4 is 0 Å². The van der Waals surface area contributed by atoms with Crippen molar-refractivity contribution in [2.24, 2.45) is 0 Å². The summed E-state index contributed by atoms with van der Waals surface area (Å²) in [5, 5.41) is 0. The third kappa shape index (κ3) is 1.03. The van der Waals surface area contributed by atoms with E-state index in [-0.39, 0.29) is 0 Å². The average molecular weight is 133 g/mol. The van der Waals surface area contributed by atoms with E-state index in [0.29, 0.717) is 0 Å². The second kappa shape index (κ2) is 2.61. The molecular formula is C10H13. The van der Waals surface area contributed by atoms with Gasteiger partial charge in [-0.15, -0.1) is 0 Å². The molecule has 0 amide bonds. The molecule has 0 bridgehead atoms. The van der Waals surface area contributed by atoms with Crippen molar-refractivity contribution in [2.75, 3.05) is 0 Å². The third-order valence-corrected chi connectivity index (χ3v) is 2.35. The standard InChI is InChI=1S/C10H13/c1-2-6-9(5-1)10-7-3-4-8-10/h1,5,7H,2-4,6,8H2. The molecule has 2 aliphatic carbocycles. The summed E-state index contributed by atoms with van der Waals surface area (Å²) >= 11 is 0. The van der Waals surface area contributed by atoms with E-state index in [2.05, 4.69) is 18.2 Å². The third-order valence-electron chi connectivity index (χ3n) is 2.35. The number of allylic oxidation sites excluding steroid dienone is 4. The van der Waals surface area contributed by atoms with Crippen LogP contribution >= 0.6 is 0 Å². The average Bonchev–Trinajstić information content (AvgIpc) is 2.59. The summed E-state index contributed by atoms with van der Waals surface area (Å²) < 4.78 is 0. The van der Waals surface area contributed by atoms with E-state index >= 15 is 0 Å². The zero-order valence-electron chi connectivity index (χ0n) is 6.27. The topological polar surface area (TPSA) is 0 Å². The van der Waals surface area contributed by atoms with Crippen LogP contribution in [0.15, 0.2) is 23.8 Å². The number of hydrogen-bond acceptors (Lipinski definition) is 0. The molecule has 0 aromatic rings. The van der Waals surface area contributed by atoms with Crippen LogP contribution in [-0.2, 0) is 0 Å². The van der Waals surface area contributed by atoms with Crippen molar-refractivity contribution < 1.29 is 0 Å². The van der Waals surface area contributed by atoms with Crippen LogP contribution in [0.2, 0.25) is 0 Å². The molecule has 1 radical (unpaired) electrons. The predicted molar refractivity (Wildman–Crippen MR) is 43.6 cm³/mol. The summed E-state index contributed by atoms with van der Waals surface area (Å²) in [5.41, 5.74) is 1.63. The molecule has 0 aromatic carbocycles. The maximum absolute atomic E-state index is 2.41. The second-order valence-corrected chi connectivity index (χ2v) is 3.09. The summed E-state index contributed by atoms with van der Waals surface area (Å²) in [6, 6.07) is 0. The highest BCUT2D eigenvalue weighted by atomic mass is 14.2. The Hall–Kier alpha value is -0.520. The summed E-state index contributed by atoms with van der Waals surface area (Å²) in [6.45, 7) is 0. The van der Waals surface area contributed by atoms with Gasteiger partial charge in [0.1, 0.15) is 0 Å². The Balaban J connectivity index is 2.04. The van der Waals surface area contributed by atoms with Gasteiger partial charge in [-0.3, -0.25) is 0 Å². The summed E-state index contributed by atoms with van der Waals surface area (Å²) in [7, 11) is 0. The molecule has 0 aliphatic heterocycles. The highest BCUT2D eigenvalue weighted by Crippen LogP contribution is 2.33. The minimum Gasteiger partial charge on any atom is -0.0876 e. The molecule has 0 atom stereocenters. The van der Waals surface area contributed by atoms with Crippen LogP contribution in [0.25, 0.3) is 0 Å². The Labute approximate surface area is 62.6 Å². The Kier molecular flexibility index (Phi) is 1.62. The van der Waals surface area contributed by atoms with Gasteiger partial charge in [0.05, 0.1) is 0 Å². The molecule has 0 saturated heterocycles. The van der Waals surface area contributed by atoms with E-state index in [1.807, 2.05) is 0 Å². The van der Waals surface area contributed by atoms with Gasteiger partial charge in [-0.25, -0.2) is 0 Å². The monoisotopic (exact) mass is 133 g/mol. The summed E-state index contributed by atoms with van der Waals surface area (Å²) in [5.74, 6) is 1.61. The van der Waals surface area contributed by atoms with Crippen molar-refractivity contribution in [1.29, 1.82) is 0 Å². The SMILES string of the molecule is C1=C[C](C2=CCCC2)CC1. The van der Waals surface area contributed by atoms with Gasteiger partial charge in [-0.1, -0.05) is 23.8 Å². The fourth-order valence-electron chi connectivity index (χ4n) is 1.78. The van der Waals surface area contributed by atoms with Gasteiger partial charge in [-0.05, 0) is 32.1 Å². The van der Waals surface area contributed by atoms with Crippen LogP contribution in [0.1, 0.15) is 32.1 Å². The largest absolute Gasteiger partial charge is 0.0876 e.